The number of carbonyl (C=O) groups is 1. The molecule has 1 aliphatic rings. The lowest BCUT2D eigenvalue weighted by atomic mass is 9.70. The van der Waals surface area contributed by atoms with Crippen LogP contribution in [0.5, 0.6) is 0 Å². The highest BCUT2D eigenvalue weighted by atomic mass is 16.5. The first-order chi connectivity index (χ1) is 6.50. The van der Waals surface area contributed by atoms with E-state index in [-0.39, 0.29) is 5.97 Å². The predicted molar refractivity (Wildman–Crippen MR) is 56.8 cm³/mol. The lowest BCUT2D eigenvalue weighted by molar-refractivity contribution is -0.144. The van der Waals surface area contributed by atoms with Crippen molar-refractivity contribution < 1.29 is 9.53 Å². The monoisotopic (exact) mass is 198 g/mol. The average molecular weight is 198 g/mol. The van der Waals surface area contributed by atoms with Crippen LogP contribution in [-0.2, 0) is 9.53 Å². The number of carbonyl (C=O) groups excluding carboxylic acids is 1. The molecule has 2 unspecified atom stereocenters. The van der Waals surface area contributed by atoms with Gasteiger partial charge in [0, 0.05) is 6.92 Å². The van der Waals surface area contributed by atoms with Crippen molar-refractivity contribution in [2.75, 3.05) is 6.61 Å². The van der Waals surface area contributed by atoms with Gasteiger partial charge in [0.05, 0.1) is 6.61 Å². The topological polar surface area (TPSA) is 26.3 Å². The van der Waals surface area contributed by atoms with Gasteiger partial charge in [-0.3, -0.25) is 4.79 Å². The van der Waals surface area contributed by atoms with Crippen LogP contribution in [0.2, 0.25) is 0 Å². The molecule has 1 rings (SSSR count). The van der Waals surface area contributed by atoms with E-state index >= 15 is 0 Å². The van der Waals surface area contributed by atoms with Crippen LogP contribution in [0.25, 0.3) is 0 Å². The lowest BCUT2D eigenvalue weighted by Crippen LogP contribution is -2.32. The van der Waals surface area contributed by atoms with Crippen molar-refractivity contribution in [1.82, 2.24) is 0 Å². The molecule has 82 valence electrons. The molecule has 0 radical (unpaired) electrons. The molecule has 0 aromatic carbocycles. The molecule has 14 heavy (non-hydrogen) atoms. The summed E-state index contributed by atoms with van der Waals surface area (Å²) in [7, 11) is 0. The Bertz CT molecular complexity index is 188. The molecule has 0 aromatic heterocycles. The Balaban J connectivity index is 2.45. The van der Waals surface area contributed by atoms with Crippen LogP contribution >= 0.6 is 0 Å². The van der Waals surface area contributed by atoms with Crippen molar-refractivity contribution in [2.24, 2.45) is 23.7 Å². The van der Waals surface area contributed by atoms with Crippen LogP contribution in [0.4, 0.5) is 0 Å². The minimum Gasteiger partial charge on any atom is -0.466 e. The van der Waals surface area contributed by atoms with E-state index in [1.54, 1.807) is 0 Å². The molecule has 0 amide bonds. The highest BCUT2D eigenvalue weighted by Crippen LogP contribution is 2.37. The smallest absolute Gasteiger partial charge is 0.302 e. The summed E-state index contributed by atoms with van der Waals surface area (Å²) < 4.78 is 5.12. The molecule has 2 nitrogen and oxygen atoms in total. The minimum atomic E-state index is -0.150. The van der Waals surface area contributed by atoms with E-state index < -0.39 is 0 Å². The molecule has 2 heteroatoms. The number of esters is 1. The van der Waals surface area contributed by atoms with Gasteiger partial charge in [-0.1, -0.05) is 20.8 Å². The van der Waals surface area contributed by atoms with Crippen LogP contribution < -0.4 is 0 Å². The molecular weight excluding hydrogens is 176 g/mol. The second-order valence-electron chi connectivity index (χ2n) is 5.00. The van der Waals surface area contributed by atoms with Crippen molar-refractivity contribution in [3.05, 3.63) is 0 Å². The molecule has 0 N–H and O–H groups in total. The quantitative estimate of drug-likeness (QED) is 0.638. The van der Waals surface area contributed by atoms with Crippen LogP contribution in [0.15, 0.2) is 0 Å². The van der Waals surface area contributed by atoms with E-state index in [9.17, 15) is 4.79 Å². The Morgan fingerprint density at radius 2 is 1.71 bits per heavy atom. The summed E-state index contributed by atoms with van der Waals surface area (Å²) in [6.45, 7) is 8.97. The van der Waals surface area contributed by atoms with E-state index in [0.29, 0.717) is 24.4 Å². The zero-order valence-corrected chi connectivity index (χ0v) is 9.75. The molecule has 0 bridgehead atoms. The van der Waals surface area contributed by atoms with E-state index in [0.717, 1.165) is 5.92 Å². The SMILES string of the molecule is CC(=O)OCC1[C@H](C)CC(C)C[C@@H]1C. The number of hydrogen-bond donors (Lipinski definition) is 0. The van der Waals surface area contributed by atoms with E-state index in [1.807, 2.05) is 0 Å². The molecule has 0 spiro atoms. The Hall–Kier alpha value is -0.530. The molecule has 1 aliphatic carbocycles. The van der Waals surface area contributed by atoms with Crippen molar-refractivity contribution in [1.29, 1.82) is 0 Å². The van der Waals surface area contributed by atoms with Gasteiger partial charge in [0.1, 0.15) is 0 Å². The second kappa shape index (κ2) is 4.81. The maximum absolute atomic E-state index is 10.7. The van der Waals surface area contributed by atoms with Gasteiger partial charge in [-0.15, -0.1) is 0 Å². The summed E-state index contributed by atoms with van der Waals surface area (Å²) in [5.41, 5.74) is 0. The zero-order valence-electron chi connectivity index (χ0n) is 9.75. The maximum atomic E-state index is 10.7. The molecule has 0 aliphatic heterocycles. The maximum Gasteiger partial charge on any atom is 0.302 e. The van der Waals surface area contributed by atoms with Gasteiger partial charge in [0.2, 0.25) is 0 Å². The summed E-state index contributed by atoms with van der Waals surface area (Å²) >= 11 is 0. The molecule has 0 heterocycles. The Labute approximate surface area is 87.0 Å². The van der Waals surface area contributed by atoms with Gasteiger partial charge >= 0.3 is 5.97 Å². The molecule has 1 fully saturated rings. The Morgan fingerprint density at radius 3 is 2.14 bits per heavy atom. The van der Waals surface area contributed by atoms with Crippen LogP contribution in [0.3, 0.4) is 0 Å². The highest BCUT2D eigenvalue weighted by molar-refractivity contribution is 5.65. The summed E-state index contributed by atoms with van der Waals surface area (Å²) in [5, 5.41) is 0. The van der Waals surface area contributed by atoms with E-state index in [4.69, 9.17) is 4.74 Å². The largest absolute Gasteiger partial charge is 0.466 e. The Morgan fingerprint density at radius 1 is 1.21 bits per heavy atom. The van der Waals surface area contributed by atoms with Gasteiger partial charge in [0.25, 0.3) is 0 Å². The second-order valence-corrected chi connectivity index (χ2v) is 5.00. The van der Waals surface area contributed by atoms with Gasteiger partial charge in [-0.05, 0) is 36.5 Å². The highest BCUT2D eigenvalue weighted by Gasteiger charge is 2.31. The number of ether oxygens (including phenoxy) is 1. The third-order valence-electron chi connectivity index (χ3n) is 3.49. The van der Waals surface area contributed by atoms with Gasteiger partial charge < -0.3 is 4.74 Å². The molecule has 1 saturated carbocycles. The molecule has 0 saturated heterocycles. The third kappa shape index (κ3) is 3.00. The van der Waals surface area contributed by atoms with Crippen LogP contribution in [0, 0.1) is 23.7 Å². The van der Waals surface area contributed by atoms with Crippen molar-refractivity contribution in [2.45, 2.75) is 40.5 Å². The van der Waals surface area contributed by atoms with Gasteiger partial charge in [0.15, 0.2) is 0 Å². The van der Waals surface area contributed by atoms with Crippen molar-refractivity contribution >= 4 is 5.97 Å². The van der Waals surface area contributed by atoms with E-state index in [1.165, 1.54) is 19.8 Å². The normalized spacial score (nSPS) is 38.0. The first-order valence-corrected chi connectivity index (χ1v) is 5.64. The average Bonchev–Trinajstić information content (AvgIpc) is 2.01. The predicted octanol–water partition coefficient (Wildman–Crippen LogP) is 2.87. The first kappa shape index (κ1) is 11.5. The summed E-state index contributed by atoms with van der Waals surface area (Å²) in [6, 6.07) is 0. The van der Waals surface area contributed by atoms with Gasteiger partial charge in [-0.2, -0.15) is 0 Å². The lowest BCUT2D eigenvalue weighted by Gasteiger charge is -2.37. The van der Waals surface area contributed by atoms with Crippen LogP contribution in [0.1, 0.15) is 40.5 Å². The van der Waals surface area contributed by atoms with Crippen LogP contribution in [-0.4, -0.2) is 12.6 Å². The number of rotatable bonds is 2. The Kier molecular flexibility index (Phi) is 3.97. The molecule has 0 aromatic rings. The van der Waals surface area contributed by atoms with Gasteiger partial charge in [-0.25, -0.2) is 0 Å². The third-order valence-corrected chi connectivity index (χ3v) is 3.49. The molecular formula is C12H22O2. The first-order valence-electron chi connectivity index (χ1n) is 5.64. The summed E-state index contributed by atoms with van der Waals surface area (Å²) in [5.74, 6) is 2.62. The standard InChI is InChI=1S/C12H22O2/c1-8-5-9(2)12(10(3)6-8)7-14-11(4)13/h8-10,12H,5-7H2,1-4H3/t8?,9-,10+,12?. The van der Waals surface area contributed by atoms with Crippen molar-refractivity contribution in [3.63, 3.8) is 0 Å². The van der Waals surface area contributed by atoms with E-state index in [2.05, 4.69) is 20.8 Å². The molecule has 4 atom stereocenters. The fourth-order valence-electron chi connectivity index (χ4n) is 2.82. The van der Waals surface area contributed by atoms with Crippen molar-refractivity contribution in [3.8, 4) is 0 Å². The summed E-state index contributed by atoms with van der Waals surface area (Å²) in [4.78, 5) is 10.7. The number of hydrogen-bond acceptors (Lipinski definition) is 2. The zero-order chi connectivity index (χ0) is 10.7. The summed E-state index contributed by atoms with van der Waals surface area (Å²) in [6.07, 6.45) is 2.55. The minimum absolute atomic E-state index is 0.150. The fraction of sp³-hybridized carbons (Fsp3) is 0.917. The fourth-order valence-corrected chi connectivity index (χ4v) is 2.82.